The number of ether oxygens (including phenoxy) is 1. The molecule has 6 N–H and O–H groups in total. The molecule has 0 unspecified atom stereocenters. The average molecular weight is 646 g/mol. The first-order valence-corrected chi connectivity index (χ1v) is 16.2. The van der Waals surface area contributed by atoms with Gasteiger partial charge in [0.1, 0.15) is 6.61 Å². The van der Waals surface area contributed by atoms with E-state index in [4.69, 9.17) is 10.5 Å². The van der Waals surface area contributed by atoms with Crippen molar-refractivity contribution < 1.29 is 33.5 Å². The Morgan fingerprint density at radius 2 is 1.46 bits per heavy atom. The topological polar surface area (TPSA) is 186 Å². The summed E-state index contributed by atoms with van der Waals surface area (Å²) >= 11 is 0. The van der Waals surface area contributed by atoms with Crippen molar-refractivity contribution in [3.8, 4) is 0 Å². The molecule has 1 aromatic carbocycles. The molecule has 46 heavy (non-hydrogen) atoms. The molecule has 0 aliphatic carbocycles. The Kier molecular flexibility index (Phi) is 17.6. The van der Waals surface area contributed by atoms with Crippen LogP contribution in [0.5, 0.6) is 0 Å². The third-order valence-corrected chi connectivity index (χ3v) is 7.13. The Bertz CT molecular complexity index is 1160. The summed E-state index contributed by atoms with van der Waals surface area (Å²) in [7, 11) is 0. The number of anilines is 1. The van der Waals surface area contributed by atoms with E-state index in [1.807, 2.05) is 27.7 Å². The highest BCUT2D eigenvalue weighted by Crippen LogP contribution is 2.21. The zero-order valence-electron chi connectivity index (χ0n) is 28.6. The van der Waals surface area contributed by atoms with Gasteiger partial charge < -0.3 is 31.7 Å². The van der Waals surface area contributed by atoms with Gasteiger partial charge in [0.25, 0.3) is 0 Å². The number of nitrogens with two attached hydrogens (primary N) is 1. The van der Waals surface area contributed by atoms with Crippen LogP contribution in [0.2, 0.25) is 0 Å². The standard InChI is InChI=1S/C34H55N5O7/c1-22(2)19-29(42)36-17-9-8-12-28(41)39-30(23(3)4)27(40)20-25(11-10-18-37-33(35)45)31(43)38-26-15-13-24(14-16-26)21-46-32(44)34(5,6)7/h13-16,22-23,25,30H,8-12,17-21H2,1-7H3,(H,36,42)(H,38,43)(H,39,41)(H3,35,37,45)/t25-,30+/m1/s1. The van der Waals surface area contributed by atoms with E-state index in [0.29, 0.717) is 44.3 Å². The van der Waals surface area contributed by atoms with Gasteiger partial charge in [-0.3, -0.25) is 24.0 Å². The molecule has 0 spiro atoms. The molecule has 1 aromatic rings. The second-order valence-electron chi connectivity index (χ2n) is 13.5. The number of rotatable bonds is 20. The van der Waals surface area contributed by atoms with E-state index in [1.165, 1.54) is 0 Å². The number of urea groups is 1. The molecule has 1 rings (SSSR count). The lowest BCUT2D eigenvalue weighted by Crippen LogP contribution is -2.45. The van der Waals surface area contributed by atoms with Crippen molar-refractivity contribution in [2.24, 2.45) is 28.9 Å². The highest BCUT2D eigenvalue weighted by molar-refractivity contribution is 5.97. The summed E-state index contributed by atoms with van der Waals surface area (Å²) in [4.78, 5) is 74.4. The number of primary amides is 1. The third-order valence-electron chi connectivity index (χ3n) is 7.13. The minimum absolute atomic E-state index is 0.00942. The number of nitrogens with one attached hydrogen (secondary N) is 4. The predicted molar refractivity (Wildman–Crippen MR) is 177 cm³/mol. The van der Waals surface area contributed by atoms with E-state index in [-0.39, 0.29) is 67.3 Å². The van der Waals surface area contributed by atoms with Crippen LogP contribution in [0.3, 0.4) is 0 Å². The summed E-state index contributed by atoms with van der Waals surface area (Å²) in [6, 6.07) is 5.42. The van der Waals surface area contributed by atoms with Crippen molar-refractivity contribution >= 4 is 41.2 Å². The van der Waals surface area contributed by atoms with Gasteiger partial charge in [-0.15, -0.1) is 0 Å². The van der Waals surface area contributed by atoms with Crippen LogP contribution in [0.1, 0.15) is 99.0 Å². The smallest absolute Gasteiger partial charge is 0.312 e. The molecule has 12 heteroatoms. The lowest BCUT2D eigenvalue weighted by atomic mass is 9.89. The maximum absolute atomic E-state index is 13.4. The minimum atomic E-state index is -0.771. The molecule has 0 aliphatic rings. The lowest BCUT2D eigenvalue weighted by molar-refractivity contribution is -0.154. The van der Waals surface area contributed by atoms with E-state index in [9.17, 15) is 28.8 Å². The van der Waals surface area contributed by atoms with Crippen LogP contribution in [0.4, 0.5) is 10.5 Å². The number of carbonyl (C=O) groups is 6. The Morgan fingerprint density at radius 1 is 0.826 bits per heavy atom. The van der Waals surface area contributed by atoms with Gasteiger partial charge in [0.05, 0.1) is 11.5 Å². The molecule has 5 amide bonds. The van der Waals surface area contributed by atoms with Crippen molar-refractivity contribution in [3.63, 3.8) is 0 Å². The number of esters is 1. The quantitative estimate of drug-likeness (QED) is 0.104. The van der Waals surface area contributed by atoms with Crippen molar-refractivity contribution in [1.82, 2.24) is 16.0 Å². The summed E-state index contributed by atoms with van der Waals surface area (Å²) < 4.78 is 5.34. The number of carbonyl (C=O) groups excluding carboxylic acids is 6. The summed E-state index contributed by atoms with van der Waals surface area (Å²) in [5.74, 6) is -1.87. The van der Waals surface area contributed by atoms with Gasteiger partial charge in [0.2, 0.25) is 17.7 Å². The normalized spacial score (nSPS) is 12.6. The van der Waals surface area contributed by atoms with Gasteiger partial charge in [-0.25, -0.2) is 4.79 Å². The van der Waals surface area contributed by atoms with Gasteiger partial charge in [-0.2, -0.15) is 0 Å². The third kappa shape index (κ3) is 16.9. The Morgan fingerprint density at radius 3 is 2.02 bits per heavy atom. The maximum atomic E-state index is 13.4. The molecule has 0 bridgehead atoms. The molecule has 0 aromatic heterocycles. The van der Waals surface area contributed by atoms with Crippen LogP contribution < -0.4 is 27.0 Å². The number of hydrogen-bond acceptors (Lipinski definition) is 7. The van der Waals surface area contributed by atoms with Crippen molar-refractivity contribution in [2.75, 3.05) is 18.4 Å². The molecule has 0 radical (unpaired) electrons. The number of ketones is 1. The van der Waals surface area contributed by atoms with E-state index >= 15 is 0 Å². The number of amides is 5. The monoisotopic (exact) mass is 645 g/mol. The van der Waals surface area contributed by atoms with Crippen LogP contribution in [0, 0.1) is 23.2 Å². The number of hydrogen-bond donors (Lipinski definition) is 5. The van der Waals surface area contributed by atoms with Gasteiger partial charge in [0, 0.05) is 44.0 Å². The molecule has 0 saturated carbocycles. The number of benzene rings is 1. The Balaban J connectivity index is 2.80. The first-order valence-electron chi connectivity index (χ1n) is 16.2. The number of Topliss-reactive ketones (excluding diaryl/α,β-unsaturated/α-hetero) is 1. The fourth-order valence-corrected chi connectivity index (χ4v) is 4.50. The van der Waals surface area contributed by atoms with Gasteiger partial charge in [-0.1, -0.05) is 39.8 Å². The van der Waals surface area contributed by atoms with E-state index < -0.39 is 23.4 Å². The van der Waals surface area contributed by atoms with Crippen molar-refractivity contribution in [1.29, 1.82) is 0 Å². The maximum Gasteiger partial charge on any atom is 0.312 e. The second-order valence-corrected chi connectivity index (χ2v) is 13.5. The Hall–Kier alpha value is -3.96. The van der Waals surface area contributed by atoms with Gasteiger partial charge >= 0.3 is 12.0 Å². The molecule has 0 saturated heterocycles. The second kappa shape index (κ2) is 20.2. The van der Waals surface area contributed by atoms with Crippen molar-refractivity contribution in [3.05, 3.63) is 29.8 Å². The van der Waals surface area contributed by atoms with Crippen LogP contribution in [-0.4, -0.2) is 54.6 Å². The van der Waals surface area contributed by atoms with Crippen molar-refractivity contribution in [2.45, 2.75) is 106 Å². The molecule has 0 heterocycles. The van der Waals surface area contributed by atoms with Crippen LogP contribution in [-0.2, 0) is 35.3 Å². The summed E-state index contributed by atoms with van der Waals surface area (Å²) in [6.45, 7) is 13.8. The predicted octanol–water partition coefficient (Wildman–Crippen LogP) is 4.21. The molecule has 0 aliphatic heterocycles. The minimum Gasteiger partial charge on any atom is -0.460 e. The molecular weight excluding hydrogens is 590 g/mol. The Labute approximate surface area is 273 Å². The summed E-state index contributed by atoms with van der Waals surface area (Å²) in [5.41, 5.74) is 5.81. The fourth-order valence-electron chi connectivity index (χ4n) is 4.50. The number of unbranched alkanes of at least 4 members (excludes halogenated alkanes) is 1. The molecular formula is C34H55N5O7. The zero-order valence-corrected chi connectivity index (χ0v) is 28.6. The van der Waals surface area contributed by atoms with E-state index in [1.54, 1.807) is 45.0 Å². The summed E-state index contributed by atoms with van der Waals surface area (Å²) in [5, 5.41) is 11.0. The van der Waals surface area contributed by atoms with Crippen LogP contribution >= 0.6 is 0 Å². The van der Waals surface area contributed by atoms with Crippen LogP contribution in [0.15, 0.2) is 24.3 Å². The highest BCUT2D eigenvalue weighted by atomic mass is 16.5. The lowest BCUT2D eigenvalue weighted by Gasteiger charge is -2.24. The first kappa shape index (κ1) is 40.1. The van der Waals surface area contributed by atoms with E-state index in [0.717, 1.165) is 5.56 Å². The summed E-state index contributed by atoms with van der Waals surface area (Å²) in [6.07, 6.45) is 2.49. The SMILES string of the molecule is CC(C)CC(=O)NCCCCC(=O)N[C@H](C(=O)C[C@@H](CCCNC(N)=O)C(=O)Nc1ccc(COC(=O)C(C)(C)C)cc1)C(C)C. The highest BCUT2D eigenvalue weighted by Gasteiger charge is 2.29. The molecule has 12 nitrogen and oxygen atoms in total. The van der Waals surface area contributed by atoms with E-state index in [2.05, 4.69) is 21.3 Å². The zero-order chi connectivity index (χ0) is 34.9. The first-order chi connectivity index (χ1) is 21.5. The van der Waals surface area contributed by atoms with Gasteiger partial charge in [0.15, 0.2) is 5.78 Å². The van der Waals surface area contributed by atoms with Crippen LogP contribution in [0.25, 0.3) is 0 Å². The van der Waals surface area contributed by atoms with Gasteiger partial charge in [-0.05, 0) is 76.0 Å². The molecule has 2 atom stereocenters. The largest absolute Gasteiger partial charge is 0.460 e. The molecule has 258 valence electrons. The average Bonchev–Trinajstić information content (AvgIpc) is 2.95. The molecule has 0 fully saturated rings. The fraction of sp³-hybridized carbons (Fsp3) is 0.647.